The lowest BCUT2D eigenvalue weighted by atomic mass is 10.2. The summed E-state index contributed by atoms with van der Waals surface area (Å²) in [4.78, 5) is 20.0. The van der Waals surface area contributed by atoms with Gasteiger partial charge in [-0.15, -0.1) is 0 Å². The van der Waals surface area contributed by atoms with Crippen molar-refractivity contribution in [3.8, 4) is 0 Å². The van der Waals surface area contributed by atoms with E-state index >= 15 is 0 Å². The van der Waals surface area contributed by atoms with E-state index in [1.165, 1.54) is 13.0 Å². The van der Waals surface area contributed by atoms with E-state index in [1.807, 2.05) is 20.8 Å². The predicted octanol–water partition coefficient (Wildman–Crippen LogP) is 1.76. The van der Waals surface area contributed by atoms with Crippen LogP contribution in [0, 0.1) is 0 Å². The molecule has 4 heteroatoms. The summed E-state index contributed by atoms with van der Waals surface area (Å²) in [5.41, 5.74) is -0.122. The minimum Gasteiger partial charge on any atom is -0.478 e. The molecule has 0 heterocycles. The third-order valence-electron chi connectivity index (χ3n) is 1.10. The molecule has 0 saturated heterocycles. The van der Waals surface area contributed by atoms with Gasteiger partial charge in [-0.05, 0) is 33.8 Å². The second kappa shape index (κ2) is 4.99. The average molecular weight is 188 g/mol. The Bertz CT molecular complexity index is 200. The van der Waals surface area contributed by atoms with Crippen molar-refractivity contribution in [2.75, 3.05) is 6.61 Å². The van der Waals surface area contributed by atoms with Crippen LogP contribution in [-0.4, -0.2) is 23.3 Å². The van der Waals surface area contributed by atoms with Gasteiger partial charge >= 0.3 is 5.97 Å². The molecule has 0 amide bonds. The smallest absolute Gasteiger partial charge is 0.331 e. The molecule has 4 nitrogen and oxygen atoms in total. The first-order chi connectivity index (χ1) is 5.83. The first kappa shape index (κ1) is 12.1. The number of carboxylic acid groups (broad SMARTS) is 1. The molecule has 0 atom stereocenters. The molecular formula is C9H16O4. The lowest BCUT2D eigenvalue weighted by Crippen LogP contribution is -2.19. The number of hydrogen-bond acceptors (Lipinski definition) is 3. The molecule has 0 rings (SSSR count). The highest BCUT2D eigenvalue weighted by atomic mass is 17.2. The summed E-state index contributed by atoms with van der Waals surface area (Å²) in [6, 6.07) is 0. The van der Waals surface area contributed by atoms with Gasteiger partial charge in [-0.1, -0.05) is 0 Å². The van der Waals surface area contributed by atoms with Crippen molar-refractivity contribution in [3.63, 3.8) is 0 Å². The van der Waals surface area contributed by atoms with Crippen LogP contribution in [0.15, 0.2) is 11.6 Å². The van der Waals surface area contributed by atoms with Gasteiger partial charge < -0.3 is 5.11 Å². The van der Waals surface area contributed by atoms with E-state index in [2.05, 4.69) is 0 Å². The Morgan fingerprint density at radius 3 is 2.38 bits per heavy atom. The van der Waals surface area contributed by atoms with Crippen LogP contribution >= 0.6 is 0 Å². The fourth-order valence-electron chi connectivity index (χ4n) is 0.457. The van der Waals surface area contributed by atoms with Gasteiger partial charge in [-0.25, -0.2) is 14.6 Å². The fraction of sp³-hybridized carbons (Fsp3) is 0.667. The zero-order valence-corrected chi connectivity index (χ0v) is 8.46. The quantitative estimate of drug-likeness (QED) is 0.316. The highest BCUT2D eigenvalue weighted by molar-refractivity contribution is 5.85. The Labute approximate surface area is 78.1 Å². The molecule has 0 bridgehead atoms. The molecule has 0 saturated carbocycles. The summed E-state index contributed by atoms with van der Waals surface area (Å²) in [6.07, 6.45) is 1.45. The van der Waals surface area contributed by atoms with Crippen LogP contribution < -0.4 is 0 Å². The van der Waals surface area contributed by atoms with E-state index in [0.717, 1.165) is 0 Å². The molecule has 0 fully saturated rings. The lowest BCUT2D eigenvalue weighted by Gasteiger charge is -2.16. The Hall–Kier alpha value is -0.870. The van der Waals surface area contributed by atoms with Gasteiger partial charge in [0, 0.05) is 5.57 Å². The topological polar surface area (TPSA) is 55.8 Å². The third-order valence-corrected chi connectivity index (χ3v) is 1.10. The molecule has 76 valence electrons. The van der Waals surface area contributed by atoms with Crippen LogP contribution in [0.1, 0.15) is 27.7 Å². The van der Waals surface area contributed by atoms with Gasteiger partial charge in [0.15, 0.2) is 0 Å². The predicted molar refractivity (Wildman–Crippen MR) is 48.2 cm³/mol. The van der Waals surface area contributed by atoms with E-state index in [0.29, 0.717) is 0 Å². The first-order valence-corrected chi connectivity index (χ1v) is 4.03. The molecule has 0 aliphatic heterocycles. The SMILES string of the molecule is C/C(=C\COOC(C)(C)C)C(=O)O. The van der Waals surface area contributed by atoms with Crippen molar-refractivity contribution in [3.05, 3.63) is 11.6 Å². The van der Waals surface area contributed by atoms with Crippen LogP contribution in [0.25, 0.3) is 0 Å². The summed E-state index contributed by atoms with van der Waals surface area (Å²) in [5, 5.41) is 8.48. The Balaban J connectivity index is 3.68. The minimum absolute atomic E-state index is 0.148. The normalized spacial score (nSPS) is 13.1. The maximum atomic E-state index is 10.3. The highest BCUT2D eigenvalue weighted by Gasteiger charge is 2.10. The Morgan fingerprint density at radius 1 is 1.46 bits per heavy atom. The van der Waals surface area contributed by atoms with Gasteiger partial charge in [-0.3, -0.25) is 0 Å². The van der Waals surface area contributed by atoms with Crippen molar-refractivity contribution in [2.45, 2.75) is 33.3 Å². The molecule has 13 heavy (non-hydrogen) atoms. The van der Waals surface area contributed by atoms with E-state index in [9.17, 15) is 4.79 Å². The molecule has 0 radical (unpaired) electrons. The summed E-state index contributed by atoms with van der Waals surface area (Å²) in [6.45, 7) is 7.19. The maximum Gasteiger partial charge on any atom is 0.331 e. The zero-order valence-electron chi connectivity index (χ0n) is 8.46. The number of rotatable bonds is 4. The fourth-order valence-corrected chi connectivity index (χ4v) is 0.457. The third kappa shape index (κ3) is 7.49. The lowest BCUT2D eigenvalue weighted by molar-refractivity contribution is -0.341. The summed E-state index contributed by atoms with van der Waals surface area (Å²) in [5.74, 6) is -0.945. The summed E-state index contributed by atoms with van der Waals surface area (Å²) in [7, 11) is 0. The van der Waals surface area contributed by atoms with Crippen molar-refractivity contribution < 1.29 is 19.7 Å². The summed E-state index contributed by atoms with van der Waals surface area (Å²) >= 11 is 0. The van der Waals surface area contributed by atoms with Crippen LogP contribution in [0.3, 0.4) is 0 Å². The Morgan fingerprint density at radius 2 is 2.00 bits per heavy atom. The first-order valence-electron chi connectivity index (χ1n) is 4.03. The Kier molecular flexibility index (Phi) is 4.66. The van der Waals surface area contributed by atoms with Gasteiger partial charge in [0.25, 0.3) is 0 Å². The molecule has 0 aliphatic rings. The van der Waals surface area contributed by atoms with Crippen molar-refractivity contribution in [1.29, 1.82) is 0 Å². The van der Waals surface area contributed by atoms with Crippen LogP contribution in [-0.2, 0) is 14.6 Å². The van der Waals surface area contributed by atoms with Gasteiger partial charge in [0.1, 0.15) is 6.61 Å². The number of carbonyl (C=O) groups is 1. The largest absolute Gasteiger partial charge is 0.478 e. The second-order valence-corrected chi connectivity index (χ2v) is 3.67. The maximum absolute atomic E-state index is 10.3. The van der Waals surface area contributed by atoms with Crippen LogP contribution in [0.2, 0.25) is 0 Å². The van der Waals surface area contributed by atoms with Crippen molar-refractivity contribution >= 4 is 5.97 Å². The van der Waals surface area contributed by atoms with Crippen LogP contribution in [0.4, 0.5) is 0 Å². The molecule has 0 spiro atoms. The average Bonchev–Trinajstić information content (AvgIpc) is 1.95. The van der Waals surface area contributed by atoms with E-state index in [-0.39, 0.29) is 17.8 Å². The standard InChI is InChI=1S/C9H16O4/c1-7(8(10)11)5-6-12-13-9(2,3)4/h5H,6H2,1-4H3,(H,10,11)/b7-5+. The zero-order chi connectivity index (χ0) is 10.5. The van der Waals surface area contributed by atoms with Crippen molar-refractivity contribution in [2.24, 2.45) is 0 Å². The molecular weight excluding hydrogens is 172 g/mol. The number of aliphatic carboxylic acids is 1. The van der Waals surface area contributed by atoms with Gasteiger partial charge in [0.2, 0.25) is 0 Å². The molecule has 1 N–H and O–H groups in total. The van der Waals surface area contributed by atoms with Crippen molar-refractivity contribution in [1.82, 2.24) is 0 Å². The van der Waals surface area contributed by atoms with Gasteiger partial charge in [-0.2, -0.15) is 0 Å². The molecule has 0 aromatic heterocycles. The molecule has 0 aromatic carbocycles. The number of carboxylic acids is 1. The molecule has 0 aromatic rings. The monoisotopic (exact) mass is 188 g/mol. The van der Waals surface area contributed by atoms with E-state index in [4.69, 9.17) is 14.9 Å². The van der Waals surface area contributed by atoms with E-state index in [1.54, 1.807) is 0 Å². The summed E-state index contributed by atoms with van der Waals surface area (Å²) < 4.78 is 0. The van der Waals surface area contributed by atoms with Gasteiger partial charge in [0.05, 0.1) is 5.60 Å². The molecule has 0 aliphatic carbocycles. The number of hydrogen-bond donors (Lipinski definition) is 1. The van der Waals surface area contributed by atoms with Crippen LogP contribution in [0.5, 0.6) is 0 Å². The second-order valence-electron chi connectivity index (χ2n) is 3.67. The molecule has 0 unspecified atom stereocenters. The van der Waals surface area contributed by atoms with E-state index < -0.39 is 5.97 Å². The highest BCUT2D eigenvalue weighted by Crippen LogP contribution is 2.06. The minimum atomic E-state index is -0.945.